The molecule has 8 heteroatoms. The fourth-order valence-electron chi connectivity index (χ4n) is 4.48. The number of fused-ring (bicyclic) bond motifs is 1. The second-order valence-electron chi connectivity index (χ2n) is 9.23. The Balaban J connectivity index is 1.23. The summed E-state index contributed by atoms with van der Waals surface area (Å²) in [7, 11) is 1.88. The highest BCUT2D eigenvalue weighted by Gasteiger charge is 2.36. The first-order valence-electron chi connectivity index (χ1n) is 10.8. The molecule has 5 heterocycles. The predicted molar refractivity (Wildman–Crippen MR) is 118 cm³/mol. The standard InChI is InChI=1S/C23H28N6O2/c1-23(14-31-15-23)13-29-5-3-16(4-6-29)22(30)27-21-8-17-7-20(19-11-26-28(2)12-19)24-9-18(17)10-25-21/h7-12,16H,3-6,13-15H2,1-2H3,(H,25,27,30). The highest BCUT2D eigenvalue weighted by atomic mass is 16.5. The van der Waals surface area contributed by atoms with Gasteiger partial charge in [0.05, 0.1) is 25.1 Å². The van der Waals surface area contributed by atoms with Gasteiger partial charge in [-0.3, -0.25) is 14.5 Å². The molecule has 3 aromatic rings. The lowest BCUT2D eigenvalue weighted by Gasteiger charge is -2.43. The maximum absolute atomic E-state index is 12.8. The van der Waals surface area contributed by atoms with Crippen molar-refractivity contribution in [3.63, 3.8) is 0 Å². The molecule has 0 bridgehead atoms. The Kier molecular flexibility index (Phi) is 5.19. The molecule has 0 saturated carbocycles. The van der Waals surface area contributed by atoms with Crippen molar-refractivity contribution in [3.8, 4) is 11.3 Å². The van der Waals surface area contributed by atoms with Crippen LogP contribution in [-0.4, -0.2) is 63.4 Å². The highest BCUT2D eigenvalue weighted by molar-refractivity contribution is 5.94. The lowest BCUT2D eigenvalue weighted by molar-refractivity contribution is -0.125. The third-order valence-corrected chi connectivity index (χ3v) is 6.32. The Hall–Kier alpha value is -2.84. The molecule has 0 atom stereocenters. The van der Waals surface area contributed by atoms with Gasteiger partial charge in [-0.25, -0.2) is 4.98 Å². The zero-order chi connectivity index (χ0) is 21.4. The first-order chi connectivity index (χ1) is 15.0. The van der Waals surface area contributed by atoms with Gasteiger partial charge in [-0.1, -0.05) is 6.92 Å². The van der Waals surface area contributed by atoms with E-state index in [4.69, 9.17) is 4.74 Å². The number of nitrogens with zero attached hydrogens (tertiary/aromatic N) is 5. The van der Waals surface area contributed by atoms with Crippen molar-refractivity contribution in [2.24, 2.45) is 18.4 Å². The molecule has 0 unspecified atom stereocenters. The number of anilines is 1. The van der Waals surface area contributed by atoms with E-state index in [1.54, 1.807) is 23.3 Å². The first kappa shape index (κ1) is 20.1. The van der Waals surface area contributed by atoms with Gasteiger partial charge >= 0.3 is 0 Å². The summed E-state index contributed by atoms with van der Waals surface area (Å²) in [4.78, 5) is 24.2. The molecule has 5 rings (SSSR count). The van der Waals surface area contributed by atoms with E-state index in [1.165, 1.54) is 0 Å². The van der Waals surface area contributed by atoms with E-state index in [0.717, 1.165) is 67.7 Å². The molecule has 2 aliphatic rings. The van der Waals surface area contributed by atoms with Crippen LogP contribution in [0.5, 0.6) is 0 Å². The van der Waals surface area contributed by atoms with Crippen molar-refractivity contribution in [3.05, 3.63) is 36.9 Å². The van der Waals surface area contributed by atoms with E-state index in [1.807, 2.05) is 25.4 Å². The Morgan fingerprint density at radius 3 is 2.61 bits per heavy atom. The molecule has 0 aromatic carbocycles. The number of aryl methyl sites for hydroxylation is 1. The maximum Gasteiger partial charge on any atom is 0.228 e. The van der Waals surface area contributed by atoms with E-state index in [2.05, 4.69) is 32.2 Å². The molecule has 0 aliphatic carbocycles. The summed E-state index contributed by atoms with van der Waals surface area (Å²) < 4.78 is 7.12. The molecular weight excluding hydrogens is 392 g/mol. The minimum absolute atomic E-state index is 0.0302. The van der Waals surface area contributed by atoms with Gasteiger partial charge in [0.25, 0.3) is 0 Å². The van der Waals surface area contributed by atoms with Crippen LogP contribution in [0, 0.1) is 11.3 Å². The number of pyridine rings is 2. The molecule has 8 nitrogen and oxygen atoms in total. The van der Waals surface area contributed by atoms with E-state index < -0.39 is 0 Å². The van der Waals surface area contributed by atoms with Crippen LogP contribution in [0.2, 0.25) is 0 Å². The Morgan fingerprint density at radius 2 is 1.94 bits per heavy atom. The van der Waals surface area contributed by atoms with Crippen molar-refractivity contribution >= 4 is 22.5 Å². The topological polar surface area (TPSA) is 85.2 Å². The minimum Gasteiger partial charge on any atom is -0.380 e. The number of likely N-dealkylation sites (tertiary alicyclic amines) is 1. The maximum atomic E-state index is 12.8. The van der Waals surface area contributed by atoms with Gasteiger partial charge in [0, 0.05) is 54.5 Å². The highest BCUT2D eigenvalue weighted by Crippen LogP contribution is 2.30. The minimum atomic E-state index is 0.0302. The molecule has 1 amide bonds. The Morgan fingerprint density at radius 1 is 1.16 bits per heavy atom. The largest absolute Gasteiger partial charge is 0.380 e. The molecule has 0 spiro atoms. The van der Waals surface area contributed by atoms with Gasteiger partial charge in [-0.15, -0.1) is 0 Å². The summed E-state index contributed by atoms with van der Waals surface area (Å²) in [5, 5.41) is 9.17. The van der Waals surface area contributed by atoms with Gasteiger partial charge in [-0.05, 0) is 43.5 Å². The summed E-state index contributed by atoms with van der Waals surface area (Å²) in [6.45, 7) is 6.94. The smallest absolute Gasteiger partial charge is 0.228 e. The Bertz CT molecular complexity index is 1100. The molecular formula is C23H28N6O2. The van der Waals surface area contributed by atoms with Crippen molar-refractivity contribution in [1.82, 2.24) is 24.6 Å². The van der Waals surface area contributed by atoms with Crippen molar-refractivity contribution in [2.45, 2.75) is 19.8 Å². The van der Waals surface area contributed by atoms with Gasteiger partial charge in [0.2, 0.25) is 5.91 Å². The van der Waals surface area contributed by atoms with E-state index in [9.17, 15) is 4.79 Å². The monoisotopic (exact) mass is 420 g/mol. The molecule has 2 saturated heterocycles. The number of piperidine rings is 1. The van der Waals surface area contributed by atoms with Crippen molar-refractivity contribution in [2.75, 3.05) is 38.2 Å². The third-order valence-electron chi connectivity index (χ3n) is 6.32. The fraction of sp³-hybridized carbons (Fsp3) is 0.478. The second-order valence-corrected chi connectivity index (χ2v) is 9.23. The summed E-state index contributed by atoms with van der Waals surface area (Å²) in [6, 6.07) is 3.92. The molecule has 3 aromatic heterocycles. The summed E-state index contributed by atoms with van der Waals surface area (Å²) in [6.07, 6.45) is 9.05. The van der Waals surface area contributed by atoms with Crippen LogP contribution in [-0.2, 0) is 16.6 Å². The van der Waals surface area contributed by atoms with E-state index in [-0.39, 0.29) is 17.2 Å². The number of carbonyl (C=O) groups excluding carboxylic acids is 1. The summed E-state index contributed by atoms with van der Waals surface area (Å²) >= 11 is 0. The van der Waals surface area contributed by atoms with Gasteiger partial charge in [0.15, 0.2) is 0 Å². The molecule has 31 heavy (non-hydrogen) atoms. The van der Waals surface area contributed by atoms with Gasteiger partial charge in [0.1, 0.15) is 5.82 Å². The predicted octanol–water partition coefficient (Wildman–Crippen LogP) is 2.72. The van der Waals surface area contributed by atoms with E-state index >= 15 is 0 Å². The van der Waals surface area contributed by atoms with Crippen LogP contribution in [0.4, 0.5) is 5.82 Å². The quantitative estimate of drug-likeness (QED) is 0.683. The van der Waals surface area contributed by atoms with Crippen molar-refractivity contribution in [1.29, 1.82) is 0 Å². The summed E-state index contributed by atoms with van der Waals surface area (Å²) in [5.41, 5.74) is 2.09. The lowest BCUT2D eigenvalue weighted by atomic mass is 9.86. The van der Waals surface area contributed by atoms with Gasteiger partial charge < -0.3 is 15.0 Å². The second kappa shape index (κ2) is 8.01. The number of nitrogens with one attached hydrogen (secondary N) is 1. The molecule has 2 aliphatic heterocycles. The zero-order valence-corrected chi connectivity index (χ0v) is 18.0. The third kappa shape index (κ3) is 4.31. The van der Waals surface area contributed by atoms with Crippen LogP contribution in [0.15, 0.2) is 36.9 Å². The summed E-state index contributed by atoms with van der Waals surface area (Å²) in [5.74, 6) is 0.677. The number of hydrogen-bond acceptors (Lipinski definition) is 6. The van der Waals surface area contributed by atoms with Crippen LogP contribution >= 0.6 is 0 Å². The van der Waals surface area contributed by atoms with Crippen LogP contribution < -0.4 is 5.32 Å². The van der Waals surface area contributed by atoms with Crippen LogP contribution in [0.25, 0.3) is 22.0 Å². The number of carbonyl (C=O) groups is 1. The van der Waals surface area contributed by atoms with Crippen LogP contribution in [0.3, 0.4) is 0 Å². The zero-order valence-electron chi connectivity index (χ0n) is 18.0. The fourth-order valence-corrected chi connectivity index (χ4v) is 4.48. The normalized spacial score (nSPS) is 19.3. The van der Waals surface area contributed by atoms with Crippen LogP contribution in [0.1, 0.15) is 19.8 Å². The number of aromatic nitrogens is 4. The number of ether oxygens (including phenoxy) is 1. The number of amides is 1. The molecule has 162 valence electrons. The molecule has 1 N–H and O–H groups in total. The number of rotatable bonds is 5. The lowest BCUT2D eigenvalue weighted by Crippen LogP contribution is -2.51. The average Bonchev–Trinajstić information content (AvgIpc) is 3.19. The number of hydrogen-bond donors (Lipinski definition) is 1. The van der Waals surface area contributed by atoms with E-state index in [0.29, 0.717) is 5.82 Å². The van der Waals surface area contributed by atoms with Crippen molar-refractivity contribution < 1.29 is 9.53 Å². The molecule has 2 fully saturated rings. The average molecular weight is 421 g/mol. The van der Waals surface area contributed by atoms with Gasteiger partial charge in [-0.2, -0.15) is 5.10 Å². The Labute approximate surface area is 181 Å². The first-order valence-corrected chi connectivity index (χ1v) is 10.8. The molecule has 0 radical (unpaired) electrons. The SMILES string of the molecule is Cn1cc(-c2cc3cc(NC(=O)C4CCN(CC5(C)COC5)CC4)ncc3cn2)cn1.